The van der Waals surface area contributed by atoms with Gasteiger partial charge in [-0.25, -0.2) is 0 Å². The van der Waals surface area contributed by atoms with Crippen molar-refractivity contribution in [3.8, 4) is 0 Å². The summed E-state index contributed by atoms with van der Waals surface area (Å²) >= 11 is -1.09. The van der Waals surface area contributed by atoms with Gasteiger partial charge in [-0.2, -0.15) is 0 Å². The molecule has 0 fully saturated rings. The van der Waals surface area contributed by atoms with Crippen LogP contribution in [0, 0.1) is 25.1 Å². The number of hydrogen-bond acceptors (Lipinski definition) is 0. The van der Waals surface area contributed by atoms with Crippen molar-refractivity contribution < 1.29 is 30.5 Å². The SMILES string of the molecule is O.[Br][Sm]([Br])[Br]. The Bertz CT molecular complexity index is 11.6. The molecule has 0 saturated carbocycles. The second-order valence-corrected chi connectivity index (χ2v) is 35.0. The van der Waals surface area contributed by atoms with Crippen LogP contribution in [0.1, 0.15) is 0 Å². The van der Waals surface area contributed by atoms with Crippen LogP contribution in [0.2, 0.25) is 0 Å². The van der Waals surface area contributed by atoms with Crippen molar-refractivity contribution in [2.75, 3.05) is 0 Å². The summed E-state index contributed by atoms with van der Waals surface area (Å²) in [5.41, 5.74) is 0. The van der Waals surface area contributed by atoms with Gasteiger partial charge in [-0.3, -0.25) is 0 Å². The zero-order chi connectivity index (χ0) is 3.58. The van der Waals surface area contributed by atoms with Crippen molar-refractivity contribution in [2.24, 2.45) is 0 Å². The average molecular weight is 408 g/mol. The summed E-state index contributed by atoms with van der Waals surface area (Å²) in [6, 6.07) is 0. The Labute approximate surface area is 56.1 Å². The van der Waals surface area contributed by atoms with Crippen LogP contribution in [-0.4, -0.2) is 5.48 Å². The maximum atomic E-state index is 3.30. The molecule has 0 aromatic carbocycles. The standard InChI is InChI=1S/3BrH.H2O.Sm/h3*1H;1H2;/q;;;;+3/p-3. The molecule has 0 amide bonds. The van der Waals surface area contributed by atoms with Gasteiger partial charge in [0, 0.05) is 0 Å². The molecule has 0 aromatic rings. The molecule has 0 bridgehead atoms. The molecule has 0 aromatic heterocycles. The Kier molecular flexibility index (Phi) is 14.4. The summed E-state index contributed by atoms with van der Waals surface area (Å²) in [4.78, 5) is 0. The van der Waals surface area contributed by atoms with Gasteiger partial charge in [0.2, 0.25) is 0 Å². The van der Waals surface area contributed by atoms with Crippen LogP contribution >= 0.6 is 27.3 Å². The molecule has 0 unspecified atom stereocenters. The van der Waals surface area contributed by atoms with E-state index in [4.69, 9.17) is 0 Å². The van der Waals surface area contributed by atoms with Crippen molar-refractivity contribution in [1.82, 2.24) is 0 Å². The fourth-order valence-electron chi connectivity index (χ4n) is 0. The van der Waals surface area contributed by atoms with Crippen LogP contribution in [0.5, 0.6) is 0 Å². The first-order chi connectivity index (χ1) is 1.73. The monoisotopic (exact) mass is 407 g/mol. The molecule has 1 nitrogen and oxygen atoms in total. The zero-order valence-corrected chi connectivity index (χ0v) is 9.42. The van der Waals surface area contributed by atoms with Crippen LogP contribution in [0.15, 0.2) is 0 Å². The third-order valence-electron chi connectivity index (χ3n) is 0. The topological polar surface area (TPSA) is 31.5 Å². The van der Waals surface area contributed by atoms with Gasteiger partial charge in [0.05, 0.1) is 0 Å². The molecular formula is H2Br3OSm. The van der Waals surface area contributed by atoms with E-state index in [1.54, 1.807) is 0 Å². The van der Waals surface area contributed by atoms with Crippen LogP contribution in [0.4, 0.5) is 0 Å². The molecule has 2 N–H and O–H groups in total. The van der Waals surface area contributed by atoms with Crippen molar-refractivity contribution >= 4 is 27.3 Å². The van der Waals surface area contributed by atoms with Crippen molar-refractivity contribution in [2.45, 2.75) is 0 Å². The van der Waals surface area contributed by atoms with E-state index < -0.39 is 25.1 Å². The Hall–Kier alpha value is 2.74. The summed E-state index contributed by atoms with van der Waals surface area (Å²) in [5, 5.41) is 0. The van der Waals surface area contributed by atoms with Gasteiger partial charge in [0.25, 0.3) is 0 Å². The van der Waals surface area contributed by atoms with E-state index in [1.165, 1.54) is 0 Å². The molecule has 0 rings (SSSR count). The third kappa shape index (κ3) is 20.2. The molecule has 0 saturated heterocycles. The van der Waals surface area contributed by atoms with Gasteiger partial charge in [-0.1, -0.05) is 0 Å². The number of halogens is 3. The second-order valence-electron chi connectivity index (χ2n) is 0.175. The Morgan fingerprint density at radius 1 is 1.00 bits per heavy atom. The first-order valence-electron chi connectivity index (χ1n) is 0.463. The first kappa shape index (κ1) is 10.7. The summed E-state index contributed by atoms with van der Waals surface area (Å²) in [6.45, 7) is 0. The fourth-order valence-corrected chi connectivity index (χ4v) is 0. The summed E-state index contributed by atoms with van der Waals surface area (Å²) < 4.78 is 0. The normalized spacial score (nSPS) is 7.20. The molecule has 0 aliphatic rings. The second kappa shape index (κ2) is 6.74. The van der Waals surface area contributed by atoms with Gasteiger partial charge < -0.3 is 5.48 Å². The van der Waals surface area contributed by atoms with Gasteiger partial charge >= 0.3 is 52.4 Å². The van der Waals surface area contributed by atoms with E-state index in [0.717, 1.165) is 0 Å². The van der Waals surface area contributed by atoms with Crippen LogP contribution < -0.4 is 0 Å². The summed E-state index contributed by atoms with van der Waals surface area (Å²) in [6.07, 6.45) is 0. The fraction of sp³-hybridized carbons (Fsp3) is 0. The van der Waals surface area contributed by atoms with Crippen LogP contribution in [-0.2, 0) is 0 Å². The minimum absolute atomic E-state index is 0. The molecule has 0 aliphatic heterocycles. The molecular weight excluding hydrogens is 406 g/mol. The van der Waals surface area contributed by atoms with Crippen molar-refractivity contribution in [3.05, 3.63) is 0 Å². The Morgan fingerprint density at radius 3 is 1.00 bits per heavy atom. The van der Waals surface area contributed by atoms with E-state index in [1.807, 2.05) is 0 Å². The van der Waals surface area contributed by atoms with E-state index in [2.05, 4.69) is 27.3 Å². The first-order valence-corrected chi connectivity index (χ1v) is 17.8. The quantitative estimate of drug-likeness (QED) is 0.585. The third-order valence-corrected chi connectivity index (χ3v) is 0. The van der Waals surface area contributed by atoms with E-state index in [0.29, 0.717) is 0 Å². The van der Waals surface area contributed by atoms with Crippen LogP contribution in [0.3, 0.4) is 0 Å². The Morgan fingerprint density at radius 2 is 1.00 bits per heavy atom. The molecule has 5 heavy (non-hydrogen) atoms. The predicted molar refractivity (Wildman–Crippen MR) is 30.4 cm³/mol. The van der Waals surface area contributed by atoms with Crippen molar-refractivity contribution in [1.29, 1.82) is 0 Å². The maximum absolute atomic E-state index is 3.30. The van der Waals surface area contributed by atoms with Crippen LogP contribution in [0.25, 0.3) is 0 Å². The van der Waals surface area contributed by atoms with E-state index >= 15 is 0 Å². The van der Waals surface area contributed by atoms with Gasteiger partial charge in [-0.05, 0) is 0 Å². The predicted octanol–water partition coefficient (Wildman–Crippen LogP) is 1.71. The minimum atomic E-state index is -1.09. The molecule has 35 valence electrons. The molecule has 0 aliphatic carbocycles. The van der Waals surface area contributed by atoms with E-state index in [9.17, 15) is 0 Å². The van der Waals surface area contributed by atoms with Crippen molar-refractivity contribution in [3.63, 3.8) is 0 Å². The molecule has 0 spiro atoms. The molecule has 0 heterocycles. The Balaban J connectivity index is 0. The zero-order valence-electron chi connectivity index (χ0n) is 2.04. The average Bonchev–Trinajstić information content (AvgIpc) is 0.811. The molecule has 0 radical (unpaired) electrons. The van der Waals surface area contributed by atoms with Gasteiger partial charge in [0.1, 0.15) is 0 Å². The summed E-state index contributed by atoms with van der Waals surface area (Å²) in [5.74, 6) is 0. The summed E-state index contributed by atoms with van der Waals surface area (Å²) in [7, 11) is 9.90. The molecule has 5 heteroatoms. The van der Waals surface area contributed by atoms with Gasteiger partial charge in [-0.15, -0.1) is 0 Å². The van der Waals surface area contributed by atoms with Gasteiger partial charge in [0.15, 0.2) is 0 Å². The number of rotatable bonds is 0. The molecule has 0 atom stereocenters. The number of hydrogen-bond donors (Lipinski definition) is 0. The van der Waals surface area contributed by atoms with E-state index in [-0.39, 0.29) is 5.48 Å².